The quantitative estimate of drug-likeness (QED) is 0.134. The fraction of sp³-hybridized carbons (Fsp3) is 0.903. The number of carbonyl (C=O) groups is 3. The van der Waals surface area contributed by atoms with Crippen molar-refractivity contribution in [2.45, 2.75) is 157 Å². The second-order valence-corrected chi connectivity index (χ2v) is 13.8. The summed E-state index contributed by atoms with van der Waals surface area (Å²) in [7, 11) is 0. The molecule has 1 aliphatic heterocycles. The third-order valence-electron chi connectivity index (χ3n) is 8.06. The number of ether oxygens (including phenoxy) is 4. The number of aliphatic hydroxyl groups is 1. The Morgan fingerprint density at radius 1 is 0.760 bits per heavy atom. The highest BCUT2D eigenvalue weighted by Crippen LogP contribution is 2.57. The van der Waals surface area contributed by atoms with Crippen LogP contribution < -0.4 is 0 Å². The predicted octanol–water partition coefficient (Wildman–Crippen LogP) is 9.11. The maximum absolute atomic E-state index is 15.0. The number of esters is 3. The Morgan fingerprint density at radius 2 is 1.14 bits per heavy atom. The lowest BCUT2D eigenvalue weighted by molar-refractivity contribution is -0.409. The number of carbonyl (C=O) groups excluding carboxylic acids is 3. The van der Waals surface area contributed by atoms with Crippen LogP contribution in [0.5, 0.6) is 0 Å². The van der Waals surface area contributed by atoms with E-state index in [1.165, 1.54) is 48.5 Å². The largest absolute Gasteiger partial charge is 0.462 e. The highest BCUT2D eigenvalue weighted by Gasteiger charge is 2.86. The summed E-state index contributed by atoms with van der Waals surface area (Å²) in [6.45, 7) is 11.7. The van der Waals surface area contributed by atoms with Gasteiger partial charge in [-0.05, 0) is 67.2 Å². The van der Waals surface area contributed by atoms with Gasteiger partial charge in [-0.15, -0.1) is 0 Å². The van der Waals surface area contributed by atoms with Crippen molar-refractivity contribution in [1.29, 1.82) is 0 Å². The zero-order valence-corrected chi connectivity index (χ0v) is 28.4. The van der Waals surface area contributed by atoms with E-state index >= 15 is 0 Å². The molecular weight excluding hydrogens is 709 g/mol. The van der Waals surface area contributed by atoms with Crippen molar-refractivity contribution in [2.24, 2.45) is 16.7 Å². The van der Waals surface area contributed by atoms with E-state index in [1.54, 1.807) is 6.92 Å². The maximum Gasteiger partial charge on any atom is 0.462 e. The molecule has 0 aromatic rings. The number of alkyl halides is 11. The average Bonchev–Trinajstić information content (AvgIpc) is 3.07. The maximum atomic E-state index is 15.0. The molecule has 2 unspecified atom stereocenters. The summed E-state index contributed by atoms with van der Waals surface area (Å²) < 4.78 is 165. The monoisotopic (exact) mass is 760 g/mol. The van der Waals surface area contributed by atoms with E-state index in [9.17, 15) is 67.8 Å². The van der Waals surface area contributed by atoms with Crippen LogP contribution in [0.2, 0.25) is 0 Å². The molecule has 1 N–H and O–H groups in total. The Morgan fingerprint density at radius 3 is 1.46 bits per heavy atom. The second-order valence-electron chi connectivity index (χ2n) is 13.8. The van der Waals surface area contributed by atoms with Gasteiger partial charge in [-0.2, -0.15) is 48.3 Å². The van der Waals surface area contributed by atoms with Gasteiger partial charge in [-0.25, -0.2) is 0 Å². The first-order valence-corrected chi connectivity index (χ1v) is 14.5. The van der Waals surface area contributed by atoms with Crippen molar-refractivity contribution in [3.63, 3.8) is 0 Å². The highest BCUT2D eigenvalue weighted by molar-refractivity contribution is 5.77. The molecule has 0 aliphatic carbocycles. The lowest BCUT2D eigenvalue weighted by Crippen LogP contribution is -2.70. The third-order valence-corrected chi connectivity index (χ3v) is 8.06. The van der Waals surface area contributed by atoms with Crippen LogP contribution in [0.15, 0.2) is 0 Å². The van der Waals surface area contributed by atoms with Gasteiger partial charge in [-0.3, -0.25) is 14.4 Å². The van der Waals surface area contributed by atoms with Crippen LogP contribution >= 0.6 is 0 Å². The molecule has 1 saturated heterocycles. The molecule has 2 atom stereocenters. The summed E-state index contributed by atoms with van der Waals surface area (Å²) >= 11 is 0. The Balaban J connectivity index is -0.000000876. The first-order chi connectivity index (χ1) is 20.9. The van der Waals surface area contributed by atoms with Gasteiger partial charge in [0.15, 0.2) is 5.60 Å². The molecule has 0 saturated carbocycles. The minimum absolute atomic E-state index is 0. The van der Waals surface area contributed by atoms with Crippen molar-refractivity contribution in [1.82, 2.24) is 0 Å². The minimum Gasteiger partial charge on any atom is -0.455 e. The Hall–Kier alpha value is -2.44. The summed E-state index contributed by atoms with van der Waals surface area (Å²) in [5.74, 6) is -13.7. The van der Waals surface area contributed by atoms with Gasteiger partial charge in [0.2, 0.25) is 5.60 Å². The molecule has 0 amide bonds. The molecule has 1 heterocycles. The van der Waals surface area contributed by atoms with Gasteiger partial charge in [0.05, 0.1) is 17.4 Å². The van der Waals surface area contributed by atoms with Crippen molar-refractivity contribution < 1.29 is 86.7 Å². The summed E-state index contributed by atoms with van der Waals surface area (Å²) in [5.41, 5.74) is -13.9. The third kappa shape index (κ3) is 9.91. The van der Waals surface area contributed by atoms with Gasteiger partial charge in [0.1, 0.15) is 0 Å². The molecule has 0 aromatic carbocycles. The van der Waals surface area contributed by atoms with E-state index < -0.39 is 94.7 Å². The first kappa shape index (κ1) is 51.9. The second kappa shape index (κ2) is 16.1. The fourth-order valence-corrected chi connectivity index (χ4v) is 3.73. The van der Waals surface area contributed by atoms with Crippen LogP contribution in [0.3, 0.4) is 0 Å². The van der Waals surface area contributed by atoms with Crippen LogP contribution in [0.1, 0.15) is 110 Å². The van der Waals surface area contributed by atoms with Crippen molar-refractivity contribution in [3.8, 4) is 0 Å². The van der Waals surface area contributed by atoms with Gasteiger partial charge in [0.25, 0.3) is 5.60 Å². The van der Waals surface area contributed by atoms with E-state index in [4.69, 9.17) is 4.74 Å². The van der Waals surface area contributed by atoms with Crippen molar-refractivity contribution in [2.75, 3.05) is 6.61 Å². The van der Waals surface area contributed by atoms with E-state index in [2.05, 4.69) is 14.2 Å². The van der Waals surface area contributed by atoms with Crippen molar-refractivity contribution in [3.05, 3.63) is 0 Å². The Labute approximate surface area is 285 Å². The van der Waals surface area contributed by atoms with Crippen LogP contribution in [-0.4, -0.2) is 76.7 Å². The number of hydrogen-bond acceptors (Lipinski definition) is 8. The molecule has 1 aliphatic rings. The predicted molar refractivity (Wildman–Crippen MR) is 159 cm³/mol. The smallest absolute Gasteiger partial charge is 0.455 e. The zero-order valence-electron chi connectivity index (χ0n) is 28.4. The fourth-order valence-electron chi connectivity index (χ4n) is 3.73. The Kier molecular flexibility index (Phi) is 16.7. The number of halogens is 11. The zero-order chi connectivity index (χ0) is 39.0. The van der Waals surface area contributed by atoms with Gasteiger partial charge in [0, 0.05) is 6.42 Å². The standard InChI is InChI=1S/C17H25F5O5.C12H18F6O3.2CH4/c1-7-13(4,5)12(24)27-14(6)9-25-16(15(14,18)19,17(20,21)22)26-11(23)8-10(2)3;1-6-8(2,3)7(19)21-9(4,5)10(20,11(13,14)15)12(16,17)18;;/h10H,7-9H2,1-6H3;20H,6H2,1-5H3;2*1H4. The molecule has 0 spiro atoms. The summed E-state index contributed by atoms with van der Waals surface area (Å²) in [5, 5.41) is 9.27. The minimum atomic E-state index is -6.06. The van der Waals surface area contributed by atoms with Gasteiger partial charge in [-0.1, -0.05) is 42.5 Å². The molecule has 1 fully saturated rings. The Bertz CT molecular complexity index is 1140. The molecule has 8 nitrogen and oxygen atoms in total. The van der Waals surface area contributed by atoms with E-state index in [-0.39, 0.29) is 27.7 Å². The average molecular weight is 761 g/mol. The molecule has 0 radical (unpaired) electrons. The molecule has 300 valence electrons. The number of rotatable bonds is 10. The van der Waals surface area contributed by atoms with Crippen LogP contribution in [0.25, 0.3) is 0 Å². The lowest BCUT2D eigenvalue weighted by atomic mass is 9.83. The van der Waals surface area contributed by atoms with Crippen molar-refractivity contribution >= 4 is 17.9 Å². The SMILES string of the molecule is C.C.CCC(C)(C)C(=O)OC(C)(C)C(O)(C(F)(F)F)C(F)(F)F.CCC(C)(C)C(=O)OC1(C)COC(OC(=O)CC(C)C)(C(F)(F)F)C1(F)F. The molecule has 0 aromatic heterocycles. The molecule has 50 heavy (non-hydrogen) atoms. The van der Waals surface area contributed by atoms with E-state index in [0.717, 1.165) is 0 Å². The van der Waals surface area contributed by atoms with Crippen LogP contribution in [0.4, 0.5) is 48.3 Å². The van der Waals surface area contributed by atoms with E-state index in [1.807, 2.05) is 0 Å². The topological polar surface area (TPSA) is 108 Å². The van der Waals surface area contributed by atoms with Gasteiger partial charge < -0.3 is 24.1 Å². The highest BCUT2D eigenvalue weighted by atomic mass is 19.4. The van der Waals surface area contributed by atoms with Crippen LogP contribution in [0, 0.1) is 16.7 Å². The first-order valence-electron chi connectivity index (χ1n) is 14.5. The molecule has 1 rings (SSSR count). The van der Waals surface area contributed by atoms with E-state index in [0.29, 0.717) is 20.8 Å². The van der Waals surface area contributed by atoms with Gasteiger partial charge >= 0.3 is 48.1 Å². The molecule has 0 bridgehead atoms. The normalized spacial score (nSPS) is 21.6. The summed E-state index contributed by atoms with van der Waals surface area (Å²) in [6, 6.07) is 0. The lowest BCUT2D eigenvalue weighted by Gasteiger charge is -2.44. The number of hydrogen-bond donors (Lipinski definition) is 1. The van der Waals surface area contributed by atoms with Crippen LogP contribution in [-0.2, 0) is 33.3 Å². The summed E-state index contributed by atoms with van der Waals surface area (Å²) in [4.78, 5) is 35.7. The summed E-state index contributed by atoms with van der Waals surface area (Å²) in [6.07, 6.45) is -18.1. The molecular formula is C31H51F11O8. The molecule has 19 heteroatoms.